The van der Waals surface area contributed by atoms with E-state index in [1.165, 1.54) is 7.11 Å². The number of hydrogen-bond donors (Lipinski definition) is 0. The lowest BCUT2D eigenvalue weighted by atomic mass is 10.1. The van der Waals surface area contributed by atoms with Crippen LogP contribution in [-0.2, 0) is 20.9 Å². The predicted octanol–water partition coefficient (Wildman–Crippen LogP) is 2.62. The second kappa shape index (κ2) is 11.5. The fraction of sp³-hybridized carbons (Fsp3) is 0.417. The molecule has 1 fully saturated rings. The minimum Gasteiger partial charge on any atom is -0.497 e. The van der Waals surface area contributed by atoms with Gasteiger partial charge in [-0.15, -0.1) is 0 Å². The molecule has 31 heavy (non-hydrogen) atoms. The van der Waals surface area contributed by atoms with Gasteiger partial charge in [0.25, 0.3) is 0 Å². The number of piperazine rings is 1. The largest absolute Gasteiger partial charge is 0.497 e. The van der Waals surface area contributed by atoms with Gasteiger partial charge >= 0.3 is 0 Å². The van der Waals surface area contributed by atoms with E-state index in [1.807, 2.05) is 41.3 Å². The second-order valence-electron chi connectivity index (χ2n) is 7.50. The zero-order chi connectivity index (χ0) is 22.1. The first-order valence-corrected chi connectivity index (χ1v) is 10.4. The number of hydrogen-bond acceptors (Lipinski definition) is 6. The summed E-state index contributed by atoms with van der Waals surface area (Å²) in [6.07, 6.45) is -0.146. The van der Waals surface area contributed by atoms with Crippen LogP contribution in [0.1, 0.15) is 22.8 Å². The number of benzene rings is 2. The molecule has 0 aromatic heterocycles. The lowest BCUT2D eigenvalue weighted by molar-refractivity contribution is -0.137. The second-order valence-corrected chi connectivity index (χ2v) is 7.50. The van der Waals surface area contributed by atoms with Crippen molar-refractivity contribution in [1.82, 2.24) is 9.80 Å². The van der Waals surface area contributed by atoms with Crippen LogP contribution in [0.15, 0.2) is 48.5 Å². The molecule has 2 aromatic carbocycles. The normalized spacial score (nSPS) is 15.3. The molecule has 0 N–H and O–H groups in total. The maximum atomic E-state index is 12.0. The van der Waals surface area contributed by atoms with Crippen molar-refractivity contribution in [3.05, 3.63) is 65.2 Å². The number of ether oxygens (including phenoxy) is 3. The highest BCUT2D eigenvalue weighted by Gasteiger charge is 2.24. The van der Waals surface area contributed by atoms with E-state index in [-0.39, 0.29) is 18.6 Å². The van der Waals surface area contributed by atoms with Crippen molar-refractivity contribution < 1.29 is 19.0 Å². The zero-order valence-corrected chi connectivity index (χ0v) is 18.1. The molecule has 0 aliphatic carbocycles. The minimum atomic E-state index is -0.146. The Balaban J connectivity index is 1.66. The van der Waals surface area contributed by atoms with Gasteiger partial charge in [-0.1, -0.05) is 24.3 Å². The van der Waals surface area contributed by atoms with Crippen LogP contribution in [0, 0.1) is 11.3 Å². The molecule has 1 amide bonds. The summed E-state index contributed by atoms with van der Waals surface area (Å²) in [4.78, 5) is 16.2. The average molecular weight is 424 g/mol. The number of nitriles is 1. The van der Waals surface area contributed by atoms with Crippen molar-refractivity contribution in [3.63, 3.8) is 0 Å². The highest BCUT2D eigenvalue weighted by atomic mass is 16.5. The molecule has 1 heterocycles. The lowest BCUT2D eigenvalue weighted by Crippen LogP contribution is -2.50. The molecule has 2 aromatic rings. The van der Waals surface area contributed by atoms with E-state index in [9.17, 15) is 4.79 Å². The third-order valence-electron chi connectivity index (χ3n) is 5.42. The Labute approximate surface area is 183 Å². The fourth-order valence-corrected chi connectivity index (χ4v) is 3.60. The van der Waals surface area contributed by atoms with Gasteiger partial charge in [0.1, 0.15) is 12.4 Å². The van der Waals surface area contributed by atoms with Crippen LogP contribution in [0.3, 0.4) is 0 Å². The van der Waals surface area contributed by atoms with E-state index in [0.29, 0.717) is 25.3 Å². The molecule has 0 spiro atoms. The molecule has 1 aliphatic rings. The average Bonchev–Trinajstić information content (AvgIpc) is 2.82. The molecule has 164 valence electrons. The summed E-state index contributed by atoms with van der Waals surface area (Å²) in [5, 5.41) is 8.98. The highest BCUT2D eigenvalue weighted by Crippen LogP contribution is 2.25. The molecule has 1 atom stereocenters. The third kappa shape index (κ3) is 6.53. The molecule has 0 radical (unpaired) electrons. The SMILES string of the molecule is COCC(=O)N1CCN(CC(OCc2ccc(C#N)cc2)c2cccc(OC)c2)CC1. The molecule has 1 unspecified atom stereocenters. The quantitative estimate of drug-likeness (QED) is 0.617. The molecule has 0 bridgehead atoms. The Hall–Kier alpha value is -2.92. The number of amides is 1. The number of carbonyl (C=O) groups is 1. The van der Waals surface area contributed by atoms with Gasteiger partial charge in [0, 0.05) is 39.8 Å². The minimum absolute atomic E-state index is 0.0311. The molecular formula is C24H29N3O4. The molecular weight excluding hydrogens is 394 g/mol. The van der Waals surface area contributed by atoms with Gasteiger partial charge in [0.15, 0.2) is 0 Å². The summed E-state index contributed by atoms with van der Waals surface area (Å²) in [6.45, 7) is 4.23. The molecule has 0 saturated carbocycles. The number of carbonyl (C=O) groups excluding carboxylic acids is 1. The van der Waals surface area contributed by atoms with Crippen LogP contribution in [0.25, 0.3) is 0 Å². The van der Waals surface area contributed by atoms with Crippen LogP contribution in [0.5, 0.6) is 5.75 Å². The van der Waals surface area contributed by atoms with Crippen LogP contribution in [0.4, 0.5) is 0 Å². The number of rotatable bonds is 9. The van der Waals surface area contributed by atoms with Gasteiger partial charge in [0.05, 0.1) is 31.5 Å². The Kier molecular flexibility index (Phi) is 8.42. The number of methoxy groups -OCH3 is 2. The van der Waals surface area contributed by atoms with Crippen LogP contribution in [-0.4, -0.2) is 69.3 Å². The Morgan fingerprint density at radius 2 is 1.84 bits per heavy atom. The van der Waals surface area contributed by atoms with E-state index >= 15 is 0 Å². The first-order valence-electron chi connectivity index (χ1n) is 10.4. The topological polar surface area (TPSA) is 75.0 Å². The highest BCUT2D eigenvalue weighted by molar-refractivity contribution is 5.77. The van der Waals surface area contributed by atoms with Gasteiger partial charge in [-0.2, -0.15) is 5.26 Å². The Morgan fingerprint density at radius 1 is 1.10 bits per heavy atom. The van der Waals surface area contributed by atoms with Gasteiger partial charge in [-0.25, -0.2) is 0 Å². The molecule has 3 rings (SSSR count). The molecule has 1 saturated heterocycles. The molecule has 1 aliphatic heterocycles. The Morgan fingerprint density at radius 3 is 2.48 bits per heavy atom. The standard InChI is InChI=1S/C24H29N3O4/c1-29-18-24(28)27-12-10-26(11-13-27)16-23(21-4-3-5-22(14-21)30-2)31-17-20-8-6-19(15-25)7-9-20/h3-9,14,23H,10-13,16-18H2,1-2H3. The van der Waals surface area contributed by atoms with E-state index in [4.69, 9.17) is 19.5 Å². The predicted molar refractivity (Wildman–Crippen MR) is 117 cm³/mol. The van der Waals surface area contributed by atoms with E-state index in [1.54, 1.807) is 19.2 Å². The first-order chi connectivity index (χ1) is 15.1. The lowest BCUT2D eigenvalue weighted by Gasteiger charge is -2.36. The van der Waals surface area contributed by atoms with Crippen LogP contribution < -0.4 is 4.74 Å². The van der Waals surface area contributed by atoms with E-state index in [2.05, 4.69) is 11.0 Å². The van der Waals surface area contributed by atoms with Gasteiger partial charge in [0.2, 0.25) is 5.91 Å². The van der Waals surface area contributed by atoms with Crippen molar-refractivity contribution in [2.24, 2.45) is 0 Å². The monoisotopic (exact) mass is 423 g/mol. The van der Waals surface area contributed by atoms with Crippen molar-refractivity contribution in [1.29, 1.82) is 5.26 Å². The first kappa shape index (κ1) is 22.8. The molecule has 7 heteroatoms. The Bertz CT molecular complexity index is 886. The summed E-state index contributed by atoms with van der Waals surface area (Å²) in [5.74, 6) is 0.822. The summed E-state index contributed by atoms with van der Waals surface area (Å²) < 4.78 is 16.7. The van der Waals surface area contributed by atoms with Crippen molar-refractivity contribution in [2.75, 3.05) is 53.6 Å². The summed E-state index contributed by atoms with van der Waals surface area (Å²) in [5.41, 5.74) is 2.70. The van der Waals surface area contributed by atoms with Gasteiger partial charge in [-0.3, -0.25) is 9.69 Å². The van der Waals surface area contributed by atoms with Gasteiger partial charge in [-0.05, 0) is 35.4 Å². The zero-order valence-electron chi connectivity index (χ0n) is 18.1. The smallest absolute Gasteiger partial charge is 0.248 e. The maximum absolute atomic E-state index is 12.0. The maximum Gasteiger partial charge on any atom is 0.248 e. The summed E-state index contributed by atoms with van der Waals surface area (Å²) >= 11 is 0. The van der Waals surface area contributed by atoms with Crippen LogP contribution in [0.2, 0.25) is 0 Å². The summed E-state index contributed by atoms with van der Waals surface area (Å²) in [6, 6.07) is 17.5. The van der Waals surface area contributed by atoms with Gasteiger partial charge < -0.3 is 19.1 Å². The fourth-order valence-electron chi connectivity index (χ4n) is 3.60. The van der Waals surface area contributed by atoms with E-state index < -0.39 is 0 Å². The van der Waals surface area contributed by atoms with E-state index in [0.717, 1.165) is 36.5 Å². The van der Waals surface area contributed by atoms with Crippen molar-refractivity contribution in [3.8, 4) is 11.8 Å². The van der Waals surface area contributed by atoms with Crippen molar-refractivity contribution >= 4 is 5.91 Å². The van der Waals surface area contributed by atoms with Crippen molar-refractivity contribution in [2.45, 2.75) is 12.7 Å². The summed E-state index contributed by atoms with van der Waals surface area (Å²) in [7, 11) is 3.19. The van der Waals surface area contributed by atoms with Crippen LogP contribution >= 0.6 is 0 Å². The molecule has 7 nitrogen and oxygen atoms in total. The third-order valence-corrected chi connectivity index (χ3v) is 5.42. The number of nitrogens with zero attached hydrogens (tertiary/aromatic N) is 3.